The van der Waals surface area contributed by atoms with Gasteiger partial charge in [-0.25, -0.2) is 14.5 Å². The fourth-order valence-electron chi connectivity index (χ4n) is 2.22. The average molecular weight is 299 g/mol. The molecular formula is C15H17N5O2. The molecule has 3 rings (SSSR count). The molecule has 0 radical (unpaired) electrons. The van der Waals surface area contributed by atoms with Crippen molar-refractivity contribution < 1.29 is 9.21 Å². The predicted molar refractivity (Wildman–Crippen MR) is 81.0 cm³/mol. The van der Waals surface area contributed by atoms with Gasteiger partial charge in [0.05, 0.1) is 12.8 Å². The third kappa shape index (κ3) is 3.08. The van der Waals surface area contributed by atoms with Crippen molar-refractivity contribution in [3.8, 4) is 0 Å². The summed E-state index contributed by atoms with van der Waals surface area (Å²) in [7, 11) is 0. The Morgan fingerprint density at radius 2 is 2.14 bits per heavy atom. The fraction of sp³-hybridized carbons (Fsp3) is 0.267. The van der Waals surface area contributed by atoms with Crippen LogP contribution in [0.4, 0.5) is 4.79 Å². The van der Waals surface area contributed by atoms with E-state index in [0.29, 0.717) is 13.1 Å². The van der Waals surface area contributed by atoms with Crippen molar-refractivity contribution in [3.05, 3.63) is 48.2 Å². The number of hydrogen-bond donors (Lipinski definition) is 2. The van der Waals surface area contributed by atoms with Gasteiger partial charge < -0.3 is 15.1 Å². The monoisotopic (exact) mass is 299 g/mol. The number of amides is 2. The minimum Gasteiger partial charge on any atom is -0.464 e. The van der Waals surface area contributed by atoms with Gasteiger partial charge in [0.1, 0.15) is 17.7 Å². The van der Waals surface area contributed by atoms with E-state index in [9.17, 15) is 4.79 Å². The van der Waals surface area contributed by atoms with Crippen molar-refractivity contribution in [1.82, 2.24) is 25.4 Å². The predicted octanol–water partition coefficient (Wildman–Crippen LogP) is 2.04. The van der Waals surface area contributed by atoms with Gasteiger partial charge in [0, 0.05) is 18.5 Å². The number of carbonyl (C=O) groups is 1. The molecule has 0 fully saturated rings. The molecule has 0 spiro atoms. The van der Waals surface area contributed by atoms with Crippen LogP contribution in [0.25, 0.3) is 11.0 Å². The Morgan fingerprint density at radius 3 is 3.00 bits per heavy atom. The molecule has 2 amide bonds. The van der Waals surface area contributed by atoms with E-state index in [0.717, 1.165) is 28.9 Å². The molecule has 2 N–H and O–H groups in total. The lowest BCUT2D eigenvalue weighted by molar-refractivity contribution is 0.239. The minimum atomic E-state index is -0.238. The zero-order chi connectivity index (χ0) is 15.4. The molecule has 2 aromatic heterocycles. The molecule has 7 heteroatoms. The number of nitrogens with one attached hydrogen (secondary N) is 2. The number of fused-ring (bicyclic) bond motifs is 1. The molecule has 7 nitrogen and oxygen atoms in total. The van der Waals surface area contributed by atoms with E-state index in [1.807, 2.05) is 31.2 Å². The van der Waals surface area contributed by atoms with Gasteiger partial charge in [-0.3, -0.25) is 0 Å². The molecule has 114 valence electrons. The Balaban J connectivity index is 1.51. The maximum absolute atomic E-state index is 11.8. The summed E-state index contributed by atoms with van der Waals surface area (Å²) in [5.41, 5.74) is 1.85. The van der Waals surface area contributed by atoms with Crippen molar-refractivity contribution in [1.29, 1.82) is 0 Å². The summed E-state index contributed by atoms with van der Waals surface area (Å²) in [6.45, 7) is 3.50. The maximum atomic E-state index is 11.8. The van der Waals surface area contributed by atoms with Gasteiger partial charge in [-0.15, -0.1) is 0 Å². The number of hydrogen-bond acceptors (Lipinski definition) is 4. The number of urea groups is 1. The highest BCUT2D eigenvalue weighted by Gasteiger charge is 2.06. The quantitative estimate of drug-likeness (QED) is 0.755. The summed E-state index contributed by atoms with van der Waals surface area (Å²) < 4.78 is 7.03. The number of nitrogens with zero attached hydrogens (tertiary/aromatic N) is 3. The van der Waals surface area contributed by atoms with E-state index in [1.54, 1.807) is 10.9 Å². The van der Waals surface area contributed by atoms with Gasteiger partial charge in [-0.2, -0.15) is 5.10 Å². The number of aromatic nitrogens is 3. The van der Waals surface area contributed by atoms with Crippen LogP contribution in [-0.4, -0.2) is 20.8 Å². The molecule has 0 saturated heterocycles. The molecule has 0 aliphatic carbocycles. The lowest BCUT2D eigenvalue weighted by Gasteiger charge is -2.08. The first-order valence-corrected chi connectivity index (χ1v) is 7.11. The maximum Gasteiger partial charge on any atom is 0.315 e. The first-order chi connectivity index (χ1) is 10.8. The first kappa shape index (κ1) is 14.1. The van der Waals surface area contributed by atoms with Crippen LogP contribution in [0.1, 0.15) is 18.3 Å². The minimum absolute atomic E-state index is 0.238. The largest absolute Gasteiger partial charge is 0.464 e. The standard InChI is InChI=1S/C15H17N5O2/c1-2-20-14(18-10-19-20)9-17-15(21)16-8-11-3-4-13-12(7-11)5-6-22-13/h3-7,10H,2,8-9H2,1H3,(H2,16,17,21). The third-order valence-corrected chi connectivity index (χ3v) is 3.37. The van der Waals surface area contributed by atoms with Crippen LogP contribution in [0.3, 0.4) is 0 Å². The summed E-state index contributed by atoms with van der Waals surface area (Å²) in [5, 5.41) is 10.7. The molecule has 0 saturated carbocycles. The molecule has 0 unspecified atom stereocenters. The van der Waals surface area contributed by atoms with E-state index >= 15 is 0 Å². The van der Waals surface area contributed by atoms with Crippen LogP contribution in [0.5, 0.6) is 0 Å². The zero-order valence-electron chi connectivity index (χ0n) is 12.2. The van der Waals surface area contributed by atoms with Crippen LogP contribution in [0.15, 0.2) is 41.3 Å². The second-order valence-electron chi connectivity index (χ2n) is 4.82. The van der Waals surface area contributed by atoms with Gasteiger partial charge in [0.25, 0.3) is 0 Å². The molecule has 22 heavy (non-hydrogen) atoms. The highest BCUT2D eigenvalue weighted by Crippen LogP contribution is 2.16. The SMILES string of the molecule is CCn1ncnc1CNC(=O)NCc1ccc2occc2c1. The Labute approximate surface area is 127 Å². The van der Waals surface area contributed by atoms with E-state index < -0.39 is 0 Å². The van der Waals surface area contributed by atoms with Crippen molar-refractivity contribution in [2.24, 2.45) is 0 Å². The third-order valence-electron chi connectivity index (χ3n) is 3.37. The Morgan fingerprint density at radius 1 is 1.27 bits per heavy atom. The molecule has 0 aliphatic rings. The van der Waals surface area contributed by atoms with Crippen LogP contribution in [0.2, 0.25) is 0 Å². The molecule has 0 aliphatic heterocycles. The summed E-state index contributed by atoms with van der Waals surface area (Å²) >= 11 is 0. The van der Waals surface area contributed by atoms with Crippen LogP contribution in [-0.2, 0) is 19.6 Å². The van der Waals surface area contributed by atoms with Gasteiger partial charge in [0.2, 0.25) is 0 Å². The fourth-order valence-corrected chi connectivity index (χ4v) is 2.22. The lowest BCUT2D eigenvalue weighted by Crippen LogP contribution is -2.35. The van der Waals surface area contributed by atoms with E-state index in [4.69, 9.17) is 4.42 Å². The van der Waals surface area contributed by atoms with Crippen LogP contribution < -0.4 is 10.6 Å². The van der Waals surface area contributed by atoms with E-state index in [-0.39, 0.29) is 6.03 Å². The summed E-state index contributed by atoms with van der Waals surface area (Å²) in [6, 6.07) is 7.48. The number of carbonyl (C=O) groups excluding carboxylic acids is 1. The highest BCUT2D eigenvalue weighted by atomic mass is 16.3. The first-order valence-electron chi connectivity index (χ1n) is 7.11. The van der Waals surface area contributed by atoms with E-state index in [2.05, 4.69) is 20.7 Å². The van der Waals surface area contributed by atoms with Crippen LogP contribution >= 0.6 is 0 Å². The number of rotatable bonds is 5. The molecule has 2 heterocycles. The Bertz CT molecular complexity index is 777. The van der Waals surface area contributed by atoms with Crippen molar-refractivity contribution in [2.45, 2.75) is 26.6 Å². The lowest BCUT2D eigenvalue weighted by atomic mass is 10.1. The summed E-state index contributed by atoms with van der Waals surface area (Å²) in [6.07, 6.45) is 3.14. The number of benzene rings is 1. The second-order valence-corrected chi connectivity index (χ2v) is 4.82. The van der Waals surface area contributed by atoms with Crippen LogP contribution in [0, 0.1) is 0 Å². The molecule has 1 aromatic carbocycles. The van der Waals surface area contributed by atoms with Gasteiger partial charge >= 0.3 is 6.03 Å². The average Bonchev–Trinajstić information content (AvgIpc) is 3.18. The Hall–Kier alpha value is -2.83. The number of furan rings is 1. The van der Waals surface area contributed by atoms with Gasteiger partial charge in [-0.05, 0) is 30.7 Å². The van der Waals surface area contributed by atoms with Crippen molar-refractivity contribution in [3.63, 3.8) is 0 Å². The van der Waals surface area contributed by atoms with Crippen molar-refractivity contribution in [2.75, 3.05) is 0 Å². The Kier molecular flexibility index (Phi) is 4.04. The molecule has 0 bridgehead atoms. The molecular weight excluding hydrogens is 282 g/mol. The molecule has 3 aromatic rings. The van der Waals surface area contributed by atoms with E-state index in [1.165, 1.54) is 6.33 Å². The van der Waals surface area contributed by atoms with Crippen molar-refractivity contribution >= 4 is 17.0 Å². The highest BCUT2D eigenvalue weighted by molar-refractivity contribution is 5.78. The van der Waals surface area contributed by atoms with Gasteiger partial charge in [0.15, 0.2) is 0 Å². The van der Waals surface area contributed by atoms with Gasteiger partial charge in [-0.1, -0.05) is 6.07 Å². The topological polar surface area (TPSA) is 85.0 Å². The number of aryl methyl sites for hydroxylation is 1. The smallest absolute Gasteiger partial charge is 0.315 e. The second kappa shape index (κ2) is 6.30. The zero-order valence-corrected chi connectivity index (χ0v) is 12.2. The molecule has 0 atom stereocenters. The summed E-state index contributed by atoms with van der Waals surface area (Å²) in [5.74, 6) is 0.734. The summed E-state index contributed by atoms with van der Waals surface area (Å²) in [4.78, 5) is 15.9. The normalized spacial score (nSPS) is 10.8.